The number of ether oxygens (including phenoxy) is 1. The molecule has 0 heterocycles. The zero-order chi connectivity index (χ0) is 10.4. The third kappa shape index (κ3) is 2.91. The standard InChI is InChI=1S/C11H11NO2/c1-3-14-11(13)8-9-4-6-10(12-2)7-5-9/h4-7H,3,8H2,1H3. The Bertz CT molecular complexity index is 349. The molecular formula is C11H11NO2. The monoisotopic (exact) mass is 189 g/mol. The molecule has 14 heavy (non-hydrogen) atoms. The average molecular weight is 189 g/mol. The molecule has 0 spiro atoms. The highest BCUT2D eigenvalue weighted by Crippen LogP contribution is 2.12. The van der Waals surface area contributed by atoms with Gasteiger partial charge in [-0.2, -0.15) is 0 Å². The Labute approximate surface area is 83.1 Å². The van der Waals surface area contributed by atoms with Gasteiger partial charge < -0.3 is 4.74 Å². The van der Waals surface area contributed by atoms with Crippen molar-refractivity contribution in [1.29, 1.82) is 0 Å². The van der Waals surface area contributed by atoms with E-state index in [9.17, 15) is 4.79 Å². The number of benzene rings is 1. The van der Waals surface area contributed by atoms with Crippen molar-refractivity contribution < 1.29 is 9.53 Å². The van der Waals surface area contributed by atoms with Crippen LogP contribution in [-0.4, -0.2) is 12.6 Å². The van der Waals surface area contributed by atoms with Gasteiger partial charge >= 0.3 is 5.97 Å². The molecular weight excluding hydrogens is 178 g/mol. The first-order valence-corrected chi connectivity index (χ1v) is 4.38. The van der Waals surface area contributed by atoms with Crippen LogP contribution in [0.2, 0.25) is 0 Å². The largest absolute Gasteiger partial charge is 0.466 e. The fourth-order valence-corrected chi connectivity index (χ4v) is 1.07. The lowest BCUT2D eigenvalue weighted by Crippen LogP contribution is -2.07. The molecule has 0 aliphatic rings. The molecule has 0 aliphatic carbocycles. The third-order valence-corrected chi connectivity index (χ3v) is 1.72. The number of hydrogen-bond acceptors (Lipinski definition) is 2. The normalized spacial score (nSPS) is 9.14. The summed E-state index contributed by atoms with van der Waals surface area (Å²) in [5.74, 6) is -0.233. The highest BCUT2D eigenvalue weighted by molar-refractivity contribution is 5.72. The highest BCUT2D eigenvalue weighted by Gasteiger charge is 2.02. The van der Waals surface area contributed by atoms with E-state index in [4.69, 9.17) is 11.3 Å². The molecule has 0 atom stereocenters. The molecule has 0 unspecified atom stereocenters. The number of rotatable bonds is 3. The molecule has 0 aliphatic heterocycles. The number of hydrogen-bond donors (Lipinski definition) is 0. The molecule has 0 bridgehead atoms. The van der Waals surface area contributed by atoms with Gasteiger partial charge in [0.05, 0.1) is 19.6 Å². The zero-order valence-corrected chi connectivity index (χ0v) is 7.99. The molecule has 0 fully saturated rings. The van der Waals surface area contributed by atoms with Crippen LogP contribution in [0.25, 0.3) is 4.85 Å². The summed E-state index contributed by atoms with van der Waals surface area (Å²) in [7, 11) is 0. The van der Waals surface area contributed by atoms with Gasteiger partial charge in [-0.25, -0.2) is 4.85 Å². The van der Waals surface area contributed by atoms with E-state index in [1.165, 1.54) is 0 Å². The van der Waals surface area contributed by atoms with Crippen molar-refractivity contribution in [3.63, 3.8) is 0 Å². The quantitative estimate of drug-likeness (QED) is 0.539. The van der Waals surface area contributed by atoms with Crippen molar-refractivity contribution in [3.05, 3.63) is 41.2 Å². The van der Waals surface area contributed by atoms with Gasteiger partial charge in [0.25, 0.3) is 0 Å². The van der Waals surface area contributed by atoms with E-state index in [0.29, 0.717) is 12.3 Å². The Morgan fingerprint density at radius 3 is 2.57 bits per heavy atom. The average Bonchev–Trinajstić information content (AvgIpc) is 2.19. The van der Waals surface area contributed by atoms with Crippen molar-refractivity contribution in [2.45, 2.75) is 13.3 Å². The van der Waals surface area contributed by atoms with E-state index in [0.717, 1.165) is 5.56 Å². The first-order chi connectivity index (χ1) is 6.76. The maximum atomic E-state index is 11.1. The van der Waals surface area contributed by atoms with Crippen molar-refractivity contribution in [2.75, 3.05) is 6.61 Å². The Balaban J connectivity index is 2.61. The van der Waals surface area contributed by atoms with Gasteiger partial charge in [0.1, 0.15) is 0 Å². The van der Waals surface area contributed by atoms with E-state index in [1.54, 1.807) is 31.2 Å². The molecule has 1 aromatic carbocycles. The van der Waals surface area contributed by atoms with E-state index in [1.807, 2.05) is 0 Å². The van der Waals surface area contributed by atoms with Gasteiger partial charge in [0.2, 0.25) is 0 Å². The van der Waals surface area contributed by atoms with Crippen LogP contribution in [0.5, 0.6) is 0 Å². The summed E-state index contributed by atoms with van der Waals surface area (Å²) in [4.78, 5) is 14.3. The Morgan fingerprint density at radius 1 is 1.43 bits per heavy atom. The second-order valence-electron chi connectivity index (χ2n) is 2.76. The fraction of sp³-hybridized carbons (Fsp3) is 0.273. The molecule has 1 rings (SSSR count). The molecule has 3 heteroatoms. The second kappa shape index (κ2) is 5.03. The predicted molar refractivity (Wildman–Crippen MR) is 53.0 cm³/mol. The summed E-state index contributed by atoms with van der Waals surface area (Å²) in [5.41, 5.74) is 1.45. The molecule has 0 N–H and O–H groups in total. The lowest BCUT2D eigenvalue weighted by atomic mass is 10.1. The molecule has 0 saturated carbocycles. The Morgan fingerprint density at radius 2 is 2.07 bits per heavy atom. The Hall–Kier alpha value is -1.82. The predicted octanol–water partition coefficient (Wildman–Crippen LogP) is 2.34. The van der Waals surface area contributed by atoms with E-state index < -0.39 is 0 Å². The molecule has 0 aromatic heterocycles. The van der Waals surface area contributed by atoms with Crippen LogP contribution in [-0.2, 0) is 16.0 Å². The van der Waals surface area contributed by atoms with Crippen LogP contribution >= 0.6 is 0 Å². The first kappa shape index (κ1) is 10.3. The summed E-state index contributed by atoms with van der Waals surface area (Å²) in [6, 6.07) is 6.93. The van der Waals surface area contributed by atoms with Crippen molar-refractivity contribution in [1.82, 2.24) is 0 Å². The maximum absolute atomic E-state index is 11.1. The molecule has 1 aromatic rings. The SMILES string of the molecule is [C-]#[N+]c1ccc(CC(=O)OCC)cc1. The minimum Gasteiger partial charge on any atom is -0.466 e. The van der Waals surface area contributed by atoms with Crippen molar-refractivity contribution in [3.8, 4) is 0 Å². The van der Waals surface area contributed by atoms with Gasteiger partial charge in [-0.3, -0.25) is 4.79 Å². The van der Waals surface area contributed by atoms with E-state index in [-0.39, 0.29) is 12.4 Å². The Kier molecular flexibility index (Phi) is 3.69. The minimum atomic E-state index is -0.233. The summed E-state index contributed by atoms with van der Waals surface area (Å²) in [6.45, 7) is 8.93. The lowest BCUT2D eigenvalue weighted by Gasteiger charge is -2.01. The van der Waals surface area contributed by atoms with Gasteiger partial charge in [0, 0.05) is 0 Å². The third-order valence-electron chi connectivity index (χ3n) is 1.72. The first-order valence-electron chi connectivity index (χ1n) is 4.38. The summed E-state index contributed by atoms with van der Waals surface area (Å²) >= 11 is 0. The molecule has 0 amide bonds. The maximum Gasteiger partial charge on any atom is 0.310 e. The van der Waals surface area contributed by atoms with E-state index >= 15 is 0 Å². The molecule has 72 valence electrons. The number of esters is 1. The van der Waals surface area contributed by atoms with E-state index in [2.05, 4.69) is 4.85 Å². The summed E-state index contributed by atoms with van der Waals surface area (Å²) < 4.78 is 4.80. The minimum absolute atomic E-state index is 0.233. The smallest absolute Gasteiger partial charge is 0.310 e. The van der Waals surface area contributed by atoms with Crippen molar-refractivity contribution >= 4 is 11.7 Å². The topological polar surface area (TPSA) is 30.7 Å². The van der Waals surface area contributed by atoms with Crippen LogP contribution < -0.4 is 0 Å². The van der Waals surface area contributed by atoms with Crippen LogP contribution in [0.4, 0.5) is 5.69 Å². The molecule has 0 saturated heterocycles. The zero-order valence-electron chi connectivity index (χ0n) is 7.99. The number of nitrogens with zero attached hydrogens (tertiary/aromatic N) is 1. The van der Waals surface area contributed by atoms with Crippen LogP contribution in [0, 0.1) is 6.57 Å². The van der Waals surface area contributed by atoms with Gasteiger partial charge in [-0.15, -0.1) is 0 Å². The summed E-state index contributed by atoms with van der Waals surface area (Å²) in [5, 5.41) is 0. The second-order valence-corrected chi connectivity index (χ2v) is 2.76. The number of carbonyl (C=O) groups is 1. The molecule has 3 nitrogen and oxygen atoms in total. The van der Waals surface area contributed by atoms with Gasteiger partial charge in [0.15, 0.2) is 5.69 Å². The highest BCUT2D eigenvalue weighted by atomic mass is 16.5. The summed E-state index contributed by atoms with van der Waals surface area (Å²) in [6.07, 6.45) is 0.270. The van der Waals surface area contributed by atoms with Crippen molar-refractivity contribution in [2.24, 2.45) is 0 Å². The molecule has 0 radical (unpaired) electrons. The van der Waals surface area contributed by atoms with Gasteiger partial charge in [-0.05, 0) is 12.5 Å². The van der Waals surface area contributed by atoms with Crippen LogP contribution in [0.15, 0.2) is 24.3 Å². The van der Waals surface area contributed by atoms with Crippen LogP contribution in [0.1, 0.15) is 12.5 Å². The number of carbonyl (C=O) groups excluding carboxylic acids is 1. The van der Waals surface area contributed by atoms with Crippen LogP contribution in [0.3, 0.4) is 0 Å². The van der Waals surface area contributed by atoms with Gasteiger partial charge in [-0.1, -0.05) is 24.3 Å². The lowest BCUT2D eigenvalue weighted by molar-refractivity contribution is -0.142. The fourth-order valence-electron chi connectivity index (χ4n) is 1.07.